The second kappa shape index (κ2) is 8.84. The summed E-state index contributed by atoms with van der Waals surface area (Å²) in [7, 11) is 1.66. The van der Waals surface area contributed by atoms with Gasteiger partial charge in [0.15, 0.2) is 0 Å². The van der Waals surface area contributed by atoms with Gasteiger partial charge in [0, 0.05) is 12.0 Å². The maximum Gasteiger partial charge on any atom is 0.303 e. The number of carboxylic acids is 1. The number of nitrogens with zero attached hydrogens (tertiary/aromatic N) is 1. The van der Waals surface area contributed by atoms with Gasteiger partial charge in [0.25, 0.3) is 0 Å². The van der Waals surface area contributed by atoms with Crippen LogP contribution in [0, 0.1) is 13.8 Å². The molecule has 0 amide bonds. The van der Waals surface area contributed by atoms with E-state index in [2.05, 4.69) is 4.98 Å². The second-order valence-electron chi connectivity index (χ2n) is 8.00. The minimum atomic E-state index is -0.745. The van der Waals surface area contributed by atoms with Crippen LogP contribution in [0.1, 0.15) is 46.9 Å². The van der Waals surface area contributed by atoms with Crippen molar-refractivity contribution in [3.8, 4) is 23.0 Å². The van der Waals surface area contributed by atoms with E-state index in [4.69, 9.17) is 19.0 Å². The van der Waals surface area contributed by atoms with Gasteiger partial charge in [0.05, 0.1) is 25.8 Å². The van der Waals surface area contributed by atoms with Crippen molar-refractivity contribution in [2.45, 2.75) is 45.4 Å². The Hall–Kier alpha value is -3.28. The molecule has 1 N–H and O–H groups in total. The lowest BCUT2D eigenvalue weighted by Gasteiger charge is -2.10. The maximum atomic E-state index is 11.0. The predicted molar refractivity (Wildman–Crippen MR) is 117 cm³/mol. The third kappa shape index (κ3) is 4.58. The topological polar surface area (TPSA) is 81.8 Å². The Morgan fingerprint density at radius 1 is 1.23 bits per heavy atom. The zero-order valence-corrected chi connectivity index (χ0v) is 18.1. The lowest BCUT2D eigenvalue weighted by Crippen LogP contribution is -2.04. The van der Waals surface area contributed by atoms with Gasteiger partial charge < -0.3 is 19.0 Å². The average Bonchev–Trinajstić information content (AvgIpc) is 3.31. The fourth-order valence-electron chi connectivity index (χ4n) is 4.26. The maximum absolute atomic E-state index is 11.0. The molecule has 1 aliphatic rings. The molecule has 1 atom stereocenters. The van der Waals surface area contributed by atoms with E-state index in [-0.39, 0.29) is 12.3 Å². The molecular formula is C25H27NO5. The molecule has 0 fully saturated rings. The number of fused-ring (bicyclic) bond motifs is 1. The molecule has 6 heteroatoms. The SMILES string of the molecule is COc1ccc(-c2nc(CCOc3ccc4c(c3)CC[C@H]4CC(=O)O)c(C)o2)cc1C. The molecule has 31 heavy (non-hydrogen) atoms. The number of hydrogen-bond acceptors (Lipinski definition) is 5. The highest BCUT2D eigenvalue weighted by atomic mass is 16.5. The number of carboxylic acid groups (broad SMARTS) is 1. The zero-order chi connectivity index (χ0) is 22.0. The highest BCUT2D eigenvalue weighted by Crippen LogP contribution is 2.37. The van der Waals surface area contributed by atoms with Crippen LogP contribution >= 0.6 is 0 Å². The number of benzene rings is 2. The summed E-state index contributed by atoms with van der Waals surface area (Å²) >= 11 is 0. The Bertz CT molecular complexity index is 1100. The summed E-state index contributed by atoms with van der Waals surface area (Å²) in [6, 6.07) is 11.9. The highest BCUT2D eigenvalue weighted by Gasteiger charge is 2.25. The summed E-state index contributed by atoms with van der Waals surface area (Å²) in [6.45, 7) is 4.40. The number of hydrogen-bond donors (Lipinski definition) is 1. The molecule has 0 radical (unpaired) electrons. The van der Waals surface area contributed by atoms with Crippen LogP contribution in [-0.2, 0) is 17.6 Å². The van der Waals surface area contributed by atoms with E-state index in [1.54, 1.807) is 7.11 Å². The Morgan fingerprint density at radius 3 is 2.81 bits per heavy atom. The van der Waals surface area contributed by atoms with Crippen molar-refractivity contribution in [3.63, 3.8) is 0 Å². The zero-order valence-electron chi connectivity index (χ0n) is 18.1. The first-order valence-corrected chi connectivity index (χ1v) is 10.5. The van der Waals surface area contributed by atoms with Gasteiger partial charge in [-0.2, -0.15) is 0 Å². The average molecular weight is 421 g/mol. The number of ether oxygens (including phenoxy) is 2. The van der Waals surface area contributed by atoms with Crippen molar-refractivity contribution >= 4 is 5.97 Å². The number of oxazole rings is 1. The molecule has 0 aliphatic heterocycles. The highest BCUT2D eigenvalue weighted by molar-refractivity contribution is 5.68. The smallest absolute Gasteiger partial charge is 0.303 e. The first-order chi connectivity index (χ1) is 14.9. The van der Waals surface area contributed by atoms with Crippen LogP contribution in [0.2, 0.25) is 0 Å². The Labute approximate surface area is 181 Å². The molecule has 3 aromatic rings. The van der Waals surface area contributed by atoms with Gasteiger partial charge >= 0.3 is 5.97 Å². The van der Waals surface area contributed by atoms with Gasteiger partial charge in [0.1, 0.15) is 17.3 Å². The summed E-state index contributed by atoms with van der Waals surface area (Å²) < 4.78 is 17.2. The van der Waals surface area contributed by atoms with Crippen molar-refractivity contribution in [3.05, 3.63) is 64.5 Å². The van der Waals surface area contributed by atoms with Crippen LogP contribution in [0.5, 0.6) is 11.5 Å². The van der Waals surface area contributed by atoms with Crippen LogP contribution in [0.25, 0.3) is 11.5 Å². The Kier molecular flexibility index (Phi) is 5.98. The van der Waals surface area contributed by atoms with Crippen LogP contribution < -0.4 is 9.47 Å². The number of aryl methyl sites for hydroxylation is 3. The summed E-state index contributed by atoms with van der Waals surface area (Å²) in [5.74, 6) is 2.40. The molecule has 0 unspecified atom stereocenters. The Balaban J connectivity index is 1.38. The molecule has 4 rings (SSSR count). The molecule has 0 bridgehead atoms. The van der Waals surface area contributed by atoms with Crippen molar-refractivity contribution < 1.29 is 23.8 Å². The largest absolute Gasteiger partial charge is 0.496 e. The van der Waals surface area contributed by atoms with Crippen molar-refractivity contribution in [2.75, 3.05) is 13.7 Å². The van der Waals surface area contributed by atoms with E-state index < -0.39 is 5.97 Å². The molecule has 0 saturated heterocycles. The predicted octanol–water partition coefficient (Wildman–Crippen LogP) is 5.09. The third-order valence-electron chi connectivity index (χ3n) is 5.88. The number of carbonyl (C=O) groups is 1. The van der Waals surface area contributed by atoms with Crippen LogP contribution in [0.15, 0.2) is 40.8 Å². The molecule has 6 nitrogen and oxygen atoms in total. The molecule has 162 valence electrons. The van der Waals surface area contributed by atoms with Crippen LogP contribution in [-0.4, -0.2) is 29.8 Å². The monoisotopic (exact) mass is 421 g/mol. The lowest BCUT2D eigenvalue weighted by atomic mass is 9.98. The Morgan fingerprint density at radius 2 is 2.06 bits per heavy atom. The second-order valence-corrected chi connectivity index (χ2v) is 8.00. The standard InChI is InChI=1S/C25H27NO5/c1-15-12-19(6-9-23(15)29-3)25-26-22(16(2)31-25)10-11-30-20-7-8-21-17(13-20)4-5-18(21)14-24(27)28/h6-9,12-13,18H,4-5,10-11,14H2,1-3H3,(H,27,28)/t18-/m0/s1. The van der Waals surface area contributed by atoms with Crippen molar-refractivity contribution in [2.24, 2.45) is 0 Å². The van der Waals surface area contributed by atoms with Crippen LogP contribution in [0.3, 0.4) is 0 Å². The van der Waals surface area contributed by atoms with Gasteiger partial charge in [0.2, 0.25) is 5.89 Å². The summed E-state index contributed by atoms with van der Waals surface area (Å²) in [4.78, 5) is 15.7. The van der Waals surface area contributed by atoms with Gasteiger partial charge in [-0.3, -0.25) is 4.79 Å². The normalized spacial score (nSPS) is 15.0. The molecule has 1 aliphatic carbocycles. The number of methoxy groups -OCH3 is 1. The van der Waals surface area contributed by atoms with Crippen molar-refractivity contribution in [1.82, 2.24) is 4.98 Å². The van der Waals surface area contributed by atoms with Crippen molar-refractivity contribution in [1.29, 1.82) is 0 Å². The van der Waals surface area contributed by atoms with E-state index in [9.17, 15) is 4.79 Å². The first kappa shape index (κ1) is 21.0. The minimum Gasteiger partial charge on any atom is -0.496 e. The molecule has 0 saturated carbocycles. The van der Waals surface area contributed by atoms with E-state index in [1.807, 2.05) is 50.2 Å². The number of aliphatic carboxylic acids is 1. The third-order valence-corrected chi connectivity index (χ3v) is 5.88. The van der Waals surface area contributed by atoms with Gasteiger partial charge in [-0.25, -0.2) is 4.98 Å². The van der Waals surface area contributed by atoms with E-state index in [0.29, 0.717) is 18.9 Å². The number of aromatic nitrogens is 1. The van der Waals surface area contributed by atoms with Gasteiger partial charge in [-0.1, -0.05) is 6.07 Å². The summed E-state index contributed by atoms with van der Waals surface area (Å²) in [5.41, 5.74) is 5.16. The van der Waals surface area contributed by atoms with E-state index in [0.717, 1.165) is 52.5 Å². The lowest BCUT2D eigenvalue weighted by molar-refractivity contribution is -0.137. The molecular weight excluding hydrogens is 394 g/mol. The minimum absolute atomic E-state index is 0.111. The molecule has 1 heterocycles. The van der Waals surface area contributed by atoms with Gasteiger partial charge in [-0.05, 0) is 79.6 Å². The van der Waals surface area contributed by atoms with Crippen LogP contribution in [0.4, 0.5) is 0 Å². The fourth-order valence-corrected chi connectivity index (χ4v) is 4.26. The summed E-state index contributed by atoms with van der Waals surface area (Å²) in [5, 5.41) is 9.07. The van der Waals surface area contributed by atoms with Gasteiger partial charge in [-0.15, -0.1) is 0 Å². The fraction of sp³-hybridized carbons (Fsp3) is 0.360. The quantitative estimate of drug-likeness (QED) is 0.545. The molecule has 0 spiro atoms. The first-order valence-electron chi connectivity index (χ1n) is 10.5. The van der Waals surface area contributed by atoms with E-state index >= 15 is 0 Å². The molecule has 2 aromatic carbocycles. The summed E-state index contributed by atoms with van der Waals surface area (Å²) in [6.07, 6.45) is 2.62. The van der Waals surface area contributed by atoms with E-state index in [1.165, 1.54) is 5.56 Å². The molecule has 1 aromatic heterocycles. The number of rotatable bonds is 8.